The zero-order valence-corrected chi connectivity index (χ0v) is 13.3. The lowest BCUT2D eigenvalue weighted by Gasteiger charge is -2.27. The number of benzene rings is 2. The van der Waals surface area contributed by atoms with E-state index in [1.54, 1.807) is 0 Å². The van der Waals surface area contributed by atoms with Crippen molar-refractivity contribution in [2.75, 3.05) is 0 Å². The van der Waals surface area contributed by atoms with Crippen LogP contribution >= 0.6 is 11.6 Å². The Kier molecular flexibility index (Phi) is 3.61. The van der Waals surface area contributed by atoms with Gasteiger partial charge in [0.25, 0.3) is 0 Å². The van der Waals surface area contributed by atoms with E-state index in [0.29, 0.717) is 0 Å². The van der Waals surface area contributed by atoms with Crippen molar-refractivity contribution in [3.8, 4) is 11.1 Å². The summed E-state index contributed by atoms with van der Waals surface area (Å²) >= 11 is 6.27. The third kappa shape index (κ3) is 2.57. The normalized spacial score (nSPS) is 18.8. The maximum Gasteiger partial charge on any atom is 0.405 e. The first-order chi connectivity index (χ1) is 10.4. The molecule has 1 unspecified atom stereocenters. The Bertz CT molecular complexity index is 740. The van der Waals surface area contributed by atoms with E-state index < -0.39 is 6.09 Å². The van der Waals surface area contributed by atoms with Crippen molar-refractivity contribution >= 4 is 17.7 Å². The first-order valence-corrected chi connectivity index (χ1v) is 7.63. The number of carbonyl (C=O) groups is 1. The van der Waals surface area contributed by atoms with E-state index >= 15 is 0 Å². The van der Waals surface area contributed by atoms with Crippen LogP contribution in [0.25, 0.3) is 11.1 Å². The van der Waals surface area contributed by atoms with Crippen LogP contribution in [-0.4, -0.2) is 11.2 Å². The molecule has 0 aliphatic heterocycles. The first-order valence-electron chi connectivity index (χ1n) is 7.26. The van der Waals surface area contributed by atoms with Crippen LogP contribution in [0.1, 0.15) is 31.0 Å². The summed E-state index contributed by atoms with van der Waals surface area (Å²) in [5.41, 5.74) is 4.17. The van der Waals surface area contributed by atoms with Crippen molar-refractivity contribution in [3.63, 3.8) is 0 Å². The minimum atomic E-state index is -0.985. The molecule has 0 aromatic heterocycles. The van der Waals surface area contributed by atoms with Crippen LogP contribution in [0.2, 0.25) is 5.02 Å². The summed E-state index contributed by atoms with van der Waals surface area (Å²) in [5.74, 6) is 0. The summed E-state index contributed by atoms with van der Waals surface area (Å²) in [4.78, 5) is 11.1. The Morgan fingerprint density at radius 3 is 2.68 bits per heavy atom. The highest BCUT2D eigenvalue weighted by Gasteiger charge is 2.39. The van der Waals surface area contributed by atoms with Gasteiger partial charge in [0.05, 0.1) is 6.04 Å². The second-order valence-electron chi connectivity index (χ2n) is 6.44. The van der Waals surface area contributed by atoms with Crippen LogP contribution in [0.15, 0.2) is 42.5 Å². The summed E-state index contributed by atoms with van der Waals surface area (Å²) in [6, 6.07) is 13.7. The minimum Gasteiger partial charge on any atom is -0.465 e. The van der Waals surface area contributed by atoms with Crippen molar-refractivity contribution in [1.82, 2.24) is 5.32 Å². The molecule has 0 radical (unpaired) electrons. The van der Waals surface area contributed by atoms with Crippen LogP contribution in [-0.2, 0) is 6.42 Å². The van der Waals surface area contributed by atoms with Gasteiger partial charge in [0, 0.05) is 10.6 Å². The van der Waals surface area contributed by atoms with E-state index in [1.165, 1.54) is 5.56 Å². The summed E-state index contributed by atoms with van der Waals surface area (Å²) in [5, 5.41) is 12.4. The molecule has 3 rings (SSSR count). The van der Waals surface area contributed by atoms with Crippen LogP contribution in [0.3, 0.4) is 0 Å². The lowest BCUT2D eigenvalue weighted by molar-refractivity contribution is 0.175. The minimum absolute atomic E-state index is 0.139. The van der Waals surface area contributed by atoms with E-state index in [9.17, 15) is 4.79 Å². The molecule has 2 aromatic rings. The van der Waals surface area contributed by atoms with E-state index in [4.69, 9.17) is 16.7 Å². The van der Waals surface area contributed by atoms with Gasteiger partial charge >= 0.3 is 6.09 Å². The molecule has 2 aromatic carbocycles. The molecule has 1 amide bonds. The Morgan fingerprint density at radius 2 is 2.00 bits per heavy atom. The predicted octanol–water partition coefficient (Wildman–Crippen LogP) is 4.90. The van der Waals surface area contributed by atoms with Crippen LogP contribution in [0.5, 0.6) is 0 Å². The number of nitrogens with one attached hydrogen (secondary N) is 1. The Balaban J connectivity index is 2.03. The quantitative estimate of drug-likeness (QED) is 0.828. The highest BCUT2D eigenvalue weighted by molar-refractivity contribution is 6.33. The molecule has 22 heavy (non-hydrogen) atoms. The van der Waals surface area contributed by atoms with Crippen molar-refractivity contribution in [2.45, 2.75) is 26.3 Å². The molecule has 2 N–H and O–H groups in total. The number of rotatable bonds is 2. The van der Waals surface area contributed by atoms with Crippen LogP contribution in [0, 0.1) is 5.41 Å². The Labute approximate surface area is 134 Å². The maximum absolute atomic E-state index is 11.1. The molecule has 114 valence electrons. The molecule has 1 aliphatic rings. The highest BCUT2D eigenvalue weighted by atomic mass is 35.5. The van der Waals surface area contributed by atoms with E-state index in [2.05, 4.69) is 25.2 Å². The number of carboxylic acid groups (broad SMARTS) is 1. The van der Waals surface area contributed by atoms with E-state index in [-0.39, 0.29) is 11.5 Å². The number of halogens is 1. The number of hydrogen-bond donors (Lipinski definition) is 2. The van der Waals surface area contributed by atoms with Gasteiger partial charge in [-0.2, -0.15) is 0 Å². The lowest BCUT2D eigenvalue weighted by atomic mass is 9.85. The zero-order valence-electron chi connectivity index (χ0n) is 12.6. The average Bonchev–Trinajstić information content (AvgIpc) is 2.69. The van der Waals surface area contributed by atoms with Gasteiger partial charge in [0.1, 0.15) is 0 Å². The van der Waals surface area contributed by atoms with Crippen LogP contribution < -0.4 is 5.32 Å². The SMILES string of the molecule is CC1(C)Cc2cc(-c3ccccc3Cl)ccc2C1NC(=O)O. The summed E-state index contributed by atoms with van der Waals surface area (Å²) in [6.45, 7) is 4.17. The van der Waals surface area contributed by atoms with Gasteiger partial charge in [-0.15, -0.1) is 0 Å². The molecular weight excluding hydrogens is 298 g/mol. The van der Waals surface area contributed by atoms with Gasteiger partial charge in [0.15, 0.2) is 0 Å². The number of amides is 1. The third-order valence-corrected chi connectivity index (χ3v) is 4.66. The fourth-order valence-electron chi connectivity index (χ4n) is 3.31. The molecule has 1 aliphatic carbocycles. The largest absolute Gasteiger partial charge is 0.465 e. The summed E-state index contributed by atoms with van der Waals surface area (Å²) < 4.78 is 0. The van der Waals surface area contributed by atoms with Gasteiger partial charge in [0.2, 0.25) is 0 Å². The second kappa shape index (κ2) is 5.33. The number of fused-ring (bicyclic) bond motifs is 1. The van der Waals surface area contributed by atoms with Gasteiger partial charge < -0.3 is 10.4 Å². The van der Waals surface area contributed by atoms with E-state index in [1.807, 2.05) is 36.4 Å². The lowest BCUT2D eigenvalue weighted by Crippen LogP contribution is -2.34. The molecule has 0 heterocycles. The van der Waals surface area contributed by atoms with Crippen molar-refractivity contribution in [2.24, 2.45) is 5.41 Å². The fourth-order valence-corrected chi connectivity index (χ4v) is 3.56. The number of hydrogen-bond acceptors (Lipinski definition) is 1. The van der Waals surface area contributed by atoms with Gasteiger partial charge in [-0.1, -0.05) is 61.8 Å². The van der Waals surface area contributed by atoms with Gasteiger partial charge in [-0.25, -0.2) is 4.79 Å². The monoisotopic (exact) mass is 315 g/mol. The summed E-state index contributed by atoms with van der Waals surface area (Å²) in [7, 11) is 0. The maximum atomic E-state index is 11.1. The molecule has 1 atom stereocenters. The topological polar surface area (TPSA) is 49.3 Å². The standard InChI is InChI=1S/C18H18ClNO2/c1-18(2)10-12-9-11(13-5-3-4-6-15(13)19)7-8-14(12)16(18)20-17(21)22/h3-9,16,20H,10H2,1-2H3,(H,21,22). The van der Waals surface area contributed by atoms with Crippen molar-refractivity contribution in [3.05, 3.63) is 58.6 Å². The van der Waals surface area contributed by atoms with E-state index in [0.717, 1.165) is 28.1 Å². The zero-order chi connectivity index (χ0) is 15.9. The molecular formula is C18H18ClNO2. The van der Waals surface area contributed by atoms with Crippen LogP contribution in [0.4, 0.5) is 4.79 Å². The fraction of sp³-hybridized carbons (Fsp3) is 0.278. The molecule has 0 saturated heterocycles. The van der Waals surface area contributed by atoms with Gasteiger partial charge in [-0.3, -0.25) is 0 Å². The first kappa shape index (κ1) is 14.9. The highest BCUT2D eigenvalue weighted by Crippen LogP contribution is 2.46. The Morgan fingerprint density at radius 1 is 1.27 bits per heavy atom. The molecule has 0 fully saturated rings. The molecule has 0 saturated carbocycles. The predicted molar refractivity (Wildman–Crippen MR) is 88.3 cm³/mol. The molecule has 3 nitrogen and oxygen atoms in total. The third-order valence-electron chi connectivity index (χ3n) is 4.33. The Hall–Kier alpha value is -2.00. The summed E-state index contributed by atoms with van der Waals surface area (Å²) in [6.07, 6.45) is -0.146. The molecule has 4 heteroatoms. The average molecular weight is 316 g/mol. The van der Waals surface area contributed by atoms with Gasteiger partial charge in [-0.05, 0) is 34.6 Å². The molecule has 0 spiro atoms. The molecule has 0 bridgehead atoms. The second-order valence-corrected chi connectivity index (χ2v) is 6.85. The van der Waals surface area contributed by atoms with Crippen molar-refractivity contribution < 1.29 is 9.90 Å². The van der Waals surface area contributed by atoms with Crippen molar-refractivity contribution in [1.29, 1.82) is 0 Å². The smallest absolute Gasteiger partial charge is 0.405 e.